The molecule has 17 heavy (non-hydrogen) atoms. The van der Waals surface area contributed by atoms with Crippen LogP contribution in [0.5, 0.6) is 0 Å². The fraction of sp³-hybridized carbons (Fsp3) is 0.231. The average molecular weight is 230 g/mol. The number of hydrogen-bond acceptors (Lipinski definition) is 3. The molecule has 2 aromatic rings. The van der Waals surface area contributed by atoms with E-state index in [0.29, 0.717) is 6.61 Å². The fourth-order valence-electron chi connectivity index (χ4n) is 1.65. The van der Waals surface area contributed by atoms with Crippen LogP contribution >= 0.6 is 0 Å². The predicted octanol–water partition coefficient (Wildman–Crippen LogP) is 3.11. The van der Waals surface area contributed by atoms with Crippen molar-refractivity contribution < 1.29 is 9.53 Å². The number of hydrogen-bond donors (Lipinski definition) is 1. The second-order valence-electron chi connectivity index (χ2n) is 3.72. The molecular formula is C13H14N2O2. The maximum absolute atomic E-state index is 11.4. The molecule has 0 aliphatic heterocycles. The van der Waals surface area contributed by atoms with E-state index in [2.05, 4.69) is 10.3 Å². The predicted molar refractivity (Wildman–Crippen MR) is 67.1 cm³/mol. The molecule has 0 saturated heterocycles. The molecule has 1 amide bonds. The molecule has 1 heterocycles. The van der Waals surface area contributed by atoms with Crippen molar-refractivity contribution in [2.75, 3.05) is 11.9 Å². The van der Waals surface area contributed by atoms with Crippen molar-refractivity contribution in [3.63, 3.8) is 0 Å². The largest absolute Gasteiger partial charge is 0.450 e. The summed E-state index contributed by atoms with van der Waals surface area (Å²) in [6, 6.07) is 7.67. The van der Waals surface area contributed by atoms with E-state index in [4.69, 9.17) is 4.74 Å². The Balaban J connectivity index is 2.39. The lowest BCUT2D eigenvalue weighted by Gasteiger charge is -2.08. The van der Waals surface area contributed by atoms with Crippen LogP contribution in [0, 0.1) is 6.92 Å². The summed E-state index contributed by atoms with van der Waals surface area (Å²) in [6.07, 6.45) is 1.22. The highest BCUT2D eigenvalue weighted by Gasteiger charge is 2.06. The summed E-state index contributed by atoms with van der Waals surface area (Å²) in [7, 11) is 0. The molecule has 88 valence electrons. The van der Waals surface area contributed by atoms with Crippen LogP contribution in [0.2, 0.25) is 0 Å². The van der Waals surface area contributed by atoms with E-state index in [0.717, 1.165) is 22.2 Å². The molecule has 0 fully saturated rings. The summed E-state index contributed by atoms with van der Waals surface area (Å²) >= 11 is 0. The fourth-order valence-corrected chi connectivity index (χ4v) is 1.65. The lowest BCUT2D eigenvalue weighted by Crippen LogP contribution is -2.13. The first-order valence-corrected chi connectivity index (χ1v) is 5.50. The maximum Gasteiger partial charge on any atom is 0.411 e. The first-order chi connectivity index (χ1) is 8.20. The van der Waals surface area contributed by atoms with Gasteiger partial charge in [0.1, 0.15) is 0 Å². The lowest BCUT2D eigenvalue weighted by atomic mass is 10.1. The van der Waals surface area contributed by atoms with E-state index in [9.17, 15) is 4.79 Å². The summed E-state index contributed by atoms with van der Waals surface area (Å²) in [5.74, 6) is 0. The molecule has 2 rings (SSSR count). The molecule has 4 heteroatoms. The number of aromatic nitrogens is 1. The molecule has 0 radical (unpaired) electrons. The Kier molecular flexibility index (Phi) is 3.23. The number of fused-ring (bicyclic) bond motifs is 1. The Hall–Kier alpha value is -2.10. The molecule has 0 atom stereocenters. The first-order valence-electron chi connectivity index (χ1n) is 5.50. The normalized spacial score (nSPS) is 10.2. The molecule has 0 unspecified atom stereocenters. The number of carbonyl (C=O) groups is 1. The van der Waals surface area contributed by atoms with Crippen molar-refractivity contribution >= 4 is 22.7 Å². The van der Waals surface area contributed by atoms with Crippen molar-refractivity contribution in [1.29, 1.82) is 0 Å². The topological polar surface area (TPSA) is 51.2 Å². The van der Waals surface area contributed by atoms with E-state index in [-0.39, 0.29) is 0 Å². The van der Waals surface area contributed by atoms with E-state index in [1.165, 1.54) is 0 Å². The highest BCUT2D eigenvalue weighted by molar-refractivity contribution is 5.98. The molecule has 1 aromatic carbocycles. The number of anilines is 1. The van der Waals surface area contributed by atoms with Crippen molar-refractivity contribution in [3.8, 4) is 0 Å². The van der Waals surface area contributed by atoms with Crippen molar-refractivity contribution in [1.82, 2.24) is 4.98 Å². The van der Waals surface area contributed by atoms with Gasteiger partial charge in [-0.05, 0) is 32.0 Å². The summed E-state index contributed by atoms with van der Waals surface area (Å²) in [5.41, 5.74) is 2.69. The van der Waals surface area contributed by atoms with Gasteiger partial charge in [-0.2, -0.15) is 0 Å². The van der Waals surface area contributed by atoms with Crippen LogP contribution in [0.4, 0.5) is 10.5 Å². The number of nitrogens with zero attached hydrogens (tertiary/aromatic N) is 1. The third-order valence-electron chi connectivity index (χ3n) is 2.41. The van der Waals surface area contributed by atoms with Gasteiger partial charge in [-0.3, -0.25) is 10.3 Å². The van der Waals surface area contributed by atoms with Crippen LogP contribution in [0.3, 0.4) is 0 Å². The van der Waals surface area contributed by atoms with E-state index >= 15 is 0 Å². The zero-order valence-corrected chi connectivity index (χ0v) is 9.86. The zero-order valence-electron chi connectivity index (χ0n) is 9.86. The number of ether oxygens (including phenoxy) is 1. The molecule has 0 bridgehead atoms. The minimum Gasteiger partial charge on any atom is -0.450 e. The van der Waals surface area contributed by atoms with Crippen LogP contribution in [0.25, 0.3) is 10.9 Å². The van der Waals surface area contributed by atoms with Gasteiger partial charge in [-0.1, -0.05) is 11.6 Å². The minimum absolute atomic E-state index is 0.355. The van der Waals surface area contributed by atoms with Crippen molar-refractivity contribution in [3.05, 3.63) is 36.0 Å². The smallest absolute Gasteiger partial charge is 0.411 e. The van der Waals surface area contributed by atoms with Crippen molar-refractivity contribution in [2.45, 2.75) is 13.8 Å². The third kappa shape index (κ3) is 2.53. The second kappa shape index (κ2) is 4.82. The van der Waals surface area contributed by atoms with Gasteiger partial charge in [0.15, 0.2) is 0 Å². The van der Waals surface area contributed by atoms with Crippen molar-refractivity contribution in [2.24, 2.45) is 0 Å². The Morgan fingerprint density at radius 1 is 1.41 bits per heavy atom. The second-order valence-corrected chi connectivity index (χ2v) is 3.72. The van der Waals surface area contributed by atoms with Gasteiger partial charge in [0.05, 0.1) is 17.8 Å². The molecule has 1 aromatic heterocycles. The first kappa shape index (κ1) is 11.4. The van der Waals surface area contributed by atoms with Gasteiger partial charge in [0.25, 0.3) is 0 Å². The zero-order chi connectivity index (χ0) is 12.3. The highest BCUT2D eigenvalue weighted by atomic mass is 16.5. The number of rotatable bonds is 2. The van der Waals surface area contributed by atoms with Gasteiger partial charge < -0.3 is 4.74 Å². The number of nitrogens with one attached hydrogen (secondary N) is 1. The summed E-state index contributed by atoms with van der Waals surface area (Å²) < 4.78 is 4.85. The van der Waals surface area contributed by atoms with Gasteiger partial charge >= 0.3 is 6.09 Å². The SMILES string of the molecule is CCOC(=O)Nc1ccnc2ccc(C)cc12. The standard InChI is InChI=1S/C13H14N2O2/c1-3-17-13(16)15-12-6-7-14-11-5-4-9(2)8-10(11)12/h4-8H,3H2,1-2H3,(H,14,15,16). The van der Waals surface area contributed by atoms with Gasteiger partial charge in [-0.25, -0.2) is 4.79 Å². The summed E-state index contributed by atoms with van der Waals surface area (Å²) in [6.45, 7) is 4.13. The van der Waals surface area contributed by atoms with Crippen LogP contribution in [0.15, 0.2) is 30.5 Å². The number of benzene rings is 1. The average Bonchev–Trinajstić information content (AvgIpc) is 2.30. The Labute approximate surface area is 99.6 Å². The monoisotopic (exact) mass is 230 g/mol. The minimum atomic E-state index is -0.443. The number of carbonyl (C=O) groups excluding carboxylic acids is 1. The van der Waals surface area contributed by atoms with E-state index < -0.39 is 6.09 Å². The molecular weight excluding hydrogens is 216 g/mol. The van der Waals surface area contributed by atoms with Crippen LogP contribution in [-0.4, -0.2) is 17.7 Å². The van der Waals surface area contributed by atoms with Gasteiger partial charge in [0, 0.05) is 11.6 Å². The Morgan fingerprint density at radius 3 is 3.00 bits per heavy atom. The molecule has 0 aliphatic carbocycles. The van der Waals surface area contributed by atoms with Crippen LogP contribution in [0.1, 0.15) is 12.5 Å². The van der Waals surface area contributed by atoms with E-state index in [1.807, 2.05) is 25.1 Å². The number of amides is 1. The lowest BCUT2D eigenvalue weighted by molar-refractivity contribution is 0.168. The van der Waals surface area contributed by atoms with Gasteiger partial charge in [0.2, 0.25) is 0 Å². The van der Waals surface area contributed by atoms with Gasteiger partial charge in [-0.15, -0.1) is 0 Å². The number of aryl methyl sites for hydroxylation is 1. The maximum atomic E-state index is 11.4. The molecule has 1 N–H and O–H groups in total. The quantitative estimate of drug-likeness (QED) is 0.862. The van der Waals surface area contributed by atoms with E-state index in [1.54, 1.807) is 19.2 Å². The third-order valence-corrected chi connectivity index (χ3v) is 2.41. The molecule has 4 nitrogen and oxygen atoms in total. The number of pyridine rings is 1. The van der Waals surface area contributed by atoms with Crippen LogP contribution < -0.4 is 5.32 Å². The molecule has 0 spiro atoms. The molecule has 0 aliphatic rings. The Bertz CT molecular complexity index is 552. The summed E-state index contributed by atoms with van der Waals surface area (Å²) in [5, 5.41) is 3.63. The summed E-state index contributed by atoms with van der Waals surface area (Å²) in [4.78, 5) is 15.6. The molecule has 0 saturated carbocycles. The van der Waals surface area contributed by atoms with Crippen LogP contribution in [-0.2, 0) is 4.74 Å². The highest BCUT2D eigenvalue weighted by Crippen LogP contribution is 2.22. The Morgan fingerprint density at radius 2 is 2.24 bits per heavy atom.